The Morgan fingerprint density at radius 2 is 2.21 bits per heavy atom. The third kappa shape index (κ3) is 1.80. The number of imide groups is 1. The molecule has 0 aromatic heterocycles. The summed E-state index contributed by atoms with van der Waals surface area (Å²) < 4.78 is 1.93. The van der Waals surface area contributed by atoms with E-state index in [1.54, 1.807) is 0 Å². The summed E-state index contributed by atoms with van der Waals surface area (Å²) in [6, 6.07) is -0.118. The van der Waals surface area contributed by atoms with Crippen LogP contribution in [0.1, 0.15) is 12.8 Å². The molecular weight excluding hydrogens is 201 g/mol. The summed E-state index contributed by atoms with van der Waals surface area (Å²) in [5.74, 6) is -0.414. The molecule has 78 valence electrons. The van der Waals surface area contributed by atoms with Crippen LogP contribution in [0.2, 0.25) is 0 Å². The number of rotatable bonds is 0. The quantitative estimate of drug-likeness (QED) is 0.396. The van der Waals surface area contributed by atoms with Gasteiger partial charge in [0.25, 0.3) is 0 Å². The zero-order chi connectivity index (χ0) is 10.1. The predicted octanol–water partition coefficient (Wildman–Crippen LogP) is -1.14. The van der Waals surface area contributed by atoms with Crippen molar-refractivity contribution in [1.82, 2.24) is 15.3 Å². The topological polar surface area (TPSA) is 61.4 Å². The molecular formula is C8H14N3O2P. The molecule has 2 N–H and O–H groups in total. The lowest BCUT2D eigenvalue weighted by atomic mass is 9.98. The largest absolute Gasteiger partial charge is 0.303 e. The van der Waals surface area contributed by atoms with Crippen LogP contribution in [0.15, 0.2) is 0 Å². The Labute approximate surface area is 84.9 Å². The smallest absolute Gasteiger partial charge is 0.245 e. The summed E-state index contributed by atoms with van der Waals surface area (Å²) >= 11 is 0. The van der Waals surface area contributed by atoms with Crippen LogP contribution in [-0.4, -0.2) is 41.7 Å². The van der Waals surface area contributed by atoms with Gasteiger partial charge in [-0.15, -0.1) is 0 Å². The van der Waals surface area contributed by atoms with E-state index < -0.39 is 0 Å². The van der Waals surface area contributed by atoms with Crippen molar-refractivity contribution in [2.24, 2.45) is 0 Å². The second-order valence-corrected chi connectivity index (χ2v) is 4.39. The Bertz CT molecular complexity index is 271. The second-order valence-electron chi connectivity index (χ2n) is 3.72. The number of nitrogens with one attached hydrogen (secondary N) is 2. The number of nitrogens with zero attached hydrogens (tertiary/aromatic N) is 1. The third-order valence-electron chi connectivity index (χ3n) is 2.73. The van der Waals surface area contributed by atoms with Gasteiger partial charge < -0.3 is 5.32 Å². The van der Waals surface area contributed by atoms with Crippen molar-refractivity contribution in [1.29, 1.82) is 0 Å². The molecule has 0 aliphatic carbocycles. The molecule has 2 heterocycles. The normalized spacial score (nSPS) is 34.6. The van der Waals surface area contributed by atoms with Gasteiger partial charge in [-0.25, -0.2) is 0 Å². The molecule has 14 heavy (non-hydrogen) atoms. The lowest BCUT2D eigenvalue weighted by molar-refractivity contribution is -0.131. The number of hydrogen-bond acceptors (Lipinski definition) is 4. The Kier molecular flexibility index (Phi) is 2.81. The molecule has 0 bridgehead atoms. The Balaban J connectivity index is 2.18. The second kappa shape index (κ2) is 3.93. The van der Waals surface area contributed by atoms with Gasteiger partial charge in [0.1, 0.15) is 6.04 Å². The van der Waals surface area contributed by atoms with Crippen LogP contribution in [0.25, 0.3) is 0 Å². The van der Waals surface area contributed by atoms with Crippen molar-refractivity contribution in [2.45, 2.75) is 24.9 Å². The van der Waals surface area contributed by atoms with Gasteiger partial charge in [0, 0.05) is 12.6 Å². The van der Waals surface area contributed by atoms with Crippen LogP contribution in [-0.2, 0) is 9.59 Å². The molecule has 6 heteroatoms. The first-order valence-corrected chi connectivity index (χ1v) is 5.28. The molecule has 2 saturated heterocycles. The monoisotopic (exact) mass is 215 g/mol. The molecule has 0 spiro atoms. The molecule has 2 rings (SSSR count). The van der Waals surface area contributed by atoms with Gasteiger partial charge in [-0.05, 0) is 12.8 Å². The fourth-order valence-corrected chi connectivity index (χ4v) is 2.57. The van der Waals surface area contributed by atoms with Gasteiger partial charge in [0.05, 0.1) is 6.54 Å². The van der Waals surface area contributed by atoms with Crippen molar-refractivity contribution < 1.29 is 9.59 Å². The molecule has 3 unspecified atom stereocenters. The first kappa shape index (κ1) is 10.0. The molecule has 2 aliphatic rings. The summed E-state index contributed by atoms with van der Waals surface area (Å²) in [5, 5.41) is 5.48. The van der Waals surface area contributed by atoms with E-state index in [-0.39, 0.29) is 30.4 Å². The molecule has 3 atom stereocenters. The summed E-state index contributed by atoms with van der Waals surface area (Å²) in [7, 11) is 2.56. The van der Waals surface area contributed by atoms with E-state index in [1.165, 1.54) is 0 Å². The summed E-state index contributed by atoms with van der Waals surface area (Å²) in [4.78, 5) is 22.8. The third-order valence-corrected chi connectivity index (χ3v) is 3.31. The van der Waals surface area contributed by atoms with Gasteiger partial charge in [0.15, 0.2) is 0 Å². The van der Waals surface area contributed by atoms with E-state index in [9.17, 15) is 9.59 Å². The van der Waals surface area contributed by atoms with Crippen molar-refractivity contribution in [3.63, 3.8) is 0 Å². The molecule has 2 aliphatic heterocycles. The lowest BCUT2D eigenvalue weighted by Crippen LogP contribution is -2.54. The maximum atomic E-state index is 11.6. The van der Waals surface area contributed by atoms with Gasteiger partial charge in [-0.2, -0.15) is 0 Å². The summed E-state index contributed by atoms with van der Waals surface area (Å²) in [5.41, 5.74) is 0. The van der Waals surface area contributed by atoms with Crippen molar-refractivity contribution in [2.75, 3.05) is 13.1 Å². The Morgan fingerprint density at radius 1 is 1.43 bits per heavy atom. The maximum Gasteiger partial charge on any atom is 0.245 e. The average Bonchev–Trinajstić information content (AvgIpc) is 2.27. The van der Waals surface area contributed by atoms with E-state index in [1.807, 2.05) is 4.67 Å². The van der Waals surface area contributed by atoms with E-state index in [0.717, 1.165) is 19.4 Å². The highest BCUT2D eigenvalue weighted by atomic mass is 31.0. The Morgan fingerprint density at radius 3 is 3.00 bits per heavy atom. The number of piperidine rings is 1. The van der Waals surface area contributed by atoms with Gasteiger partial charge in [-0.3, -0.25) is 19.6 Å². The number of carbonyl (C=O) groups is 2. The first-order chi connectivity index (χ1) is 6.68. The van der Waals surface area contributed by atoms with Crippen molar-refractivity contribution in [3.8, 4) is 0 Å². The molecule has 0 aromatic rings. The number of carbonyl (C=O) groups excluding carboxylic acids is 2. The molecule has 5 nitrogen and oxygen atoms in total. The fourth-order valence-electron chi connectivity index (χ4n) is 2.05. The highest BCUT2D eigenvalue weighted by Gasteiger charge is 2.37. The average molecular weight is 215 g/mol. The zero-order valence-electron chi connectivity index (χ0n) is 7.82. The standard InChI is InChI=1S/C8H14N3O2P/c12-6-4-9-5-2-1-3-11(14)7(5)8(13)10-6/h5,7,9H,1-4,14H2,(H,10,12,13). The molecule has 0 radical (unpaired) electrons. The van der Waals surface area contributed by atoms with Crippen LogP contribution in [0.4, 0.5) is 0 Å². The molecule has 0 saturated carbocycles. The predicted molar refractivity (Wildman–Crippen MR) is 54.4 cm³/mol. The highest BCUT2D eigenvalue weighted by Crippen LogP contribution is 2.22. The minimum absolute atomic E-state index is 0.104. The highest BCUT2D eigenvalue weighted by molar-refractivity contribution is 7.13. The number of fused-ring (bicyclic) bond motifs is 1. The van der Waals surface area contributed by atoms with Crippen molar-refractivity contribution >= 4 is 21.2 Å². The lowest BCUT2D eigenvalue weighted by Gasteiger charge is -2.36. The molecule has 2 fully saturated rings. The summed E-state index contributed by atoms with van der Waals surface area (Å²) in [6.45, 7) is 1.13. The fraction of sp³-hybridized carbons (Fsp3) is 0.750. The van der Waals surface area contributed by atoms with E-state index >= 15 is 0 Å². The van der Waals surface area contributed by atoms with Crippen molar-refractivity contribution in [3.05, 3.63) is 0 Å². The molecule has 0 aromatic carbocycles. The van der Waals surface area contributed by atoms with Gasteiger partial charge in [-0.1, -0.05) is 9.39 Å². The van der Waals surface area contributed by atoms with Crippen LogP contribution >= 0.6 is 9.39 Å². The minimum Gasteiger partial charge on any atom is -0.303 e. The minimum atomic E-state index is -0.234. The zero-order valence-corrected chi connectivity index (χ0v) is 8.98. The molecule has 2 amide bonds. The SMILES string of the molecule is O=C1CNC2CCCN(P)C2C(=O)N1. The van der Waals surface area contributed by atoms with Crippen LogP contribution in [0, 0.1) is 0 Å². The summed E-state index contributed by atoms with van der Waals surface area (Å²) in [6.07, 6.45) is 2.01. The van der Waals surface area contributed by atoms with Crippen LogP contribution in [0.3, 0.4) is 0 Å². The van der Waals surface area contributed by atoms with Crippen LogP contribution < -0.4 is 10.6 Å². The Hall–Kier alpha value is -0.510. The number of amides is 2. The van der Waals surface area contributed by atoms with Gasteiger partial charge >= 0.3 is 0 Å². The van der Waals surface area contributed by atoms with Gasteiger partial charge in [0.2, 0.25) is 11.8 Å². The van der Waals surface area contributed by atoms with E-state index in [0.29, 0.717) is 0 Å². The van der Waals surface area contributed by atoms with E-state index in [2.05, 4.69) is 20.0 Å². The first-order valence-electron chi connectivity index (χ1n) is 4.77. The number of hydrogen-bond donors (Lipinski definition) is 2. The van der Waals surface area contributed by atoms with Crippen LogP contribution in [0.5, 0.6) is 0 Å². The van der Waals surface area contributed by atoms with E-state index in [4.69, 9.17) is 0 Å². The maximum absolute atomic E-state index is 11.6.